The van der Waals surface area contributed by atoms with Crippen LogP contribution in [0.3, 0.4) is 0 Å². The highest BCUT2D eigenvalue weighted by Gasteiger charge is 2.05. The third-order valence-electron chi connectivity index (χ3n) is 1.91. The summed E-state index contributed by atoms with van der Waals surface area (Å²) in [6.07, 6.45) is 0. The minimum absolute atomic E-state index is 0.489. The Balaban J connectivity index is 2.35. The van der Waals surface area contributed by atoms with Crippen LogP contribution in [0.5, 0.6) is 0 Å². The predicted octanol–water partition coefficient (Wildman–Crippen LogP) is 2.16. The van der Waals surface area contributed by atoms with E-state index in [1.807, 2.05) is 5.38 Å². The lowest BCUT2D eigenvalue weighted by atomic mass is 10.3. The number of anilines is 1. The van der Waals surface area contributed by atoms with Gasteiger partial charge in [-0.05, 0) is 21.0 Å². The van der Waals surface area contributed by atoms with Crippen LogP contribution in [-0.2, 0) is 0 Å². The van der Waals surface area contributed by atoms with Gasteiger partial charge in [0.2, 0.25) is 0 Å². The van der Waals surface area contributed by atoms with Crippen LogP contribution in [0.4, 0.5) is 5.13 Å². The molecule has 0 aliphatic heterocycles. The van der Waals surface area contributed by atoms with E-state index in [0.29, 0.717) is 11.2 Å². The van der Waals surface area contributed by atoms with Crippen molar-refractivity contribution in [1.29, 1.82) is 0 Å². The largest absolute Gasteiger partial charge is 0.360 e. The Morgan fingerprint density at radius 1 is 1.69 bits per heavy atom. The van der Waals surface area contributed by atoms with E-state index < -0.39 is 0 Å². The average molecular weight is 220 g/mol. The van der Waals surface area contributed by atoms with Crippen molar-refractivity contribution in [3.63, 3.8) is 0 Å². The van der Waals surface area contributed by atoms with E-state index in [1.54, 1.807) is 0 Å². The number of nitrogens with zero attached hydrogens (tertiary/aromatic N) is 2. The van der Waals surface area contributed by atoms with Gasteiger partial charge in [-0.2, -0.15) is 0 Å². The first-order valence-corrected chi connectivity index (χ1v) is 5.36. The molecule has 1 unspecified atom stereocenters. The van der Waals surface area contributed by atoms with E-state index in [-0.39, 0.29) is 0 Å². The topological polar surface area (TPSA) is 28.2 Å². The zero-order valence-electron chi connectivity index (χ0n) is 8.04. The fourth-order valence-electron chi connectivity index (χ4n) is 0.753. The number of hydrogen-bond donors (Lipinski definition) is 1. The first kappa shape index (κ1) is 10.8. The van der Waals surface area contributed by atoms with Gasteiger partial charge in [0.05, 0.1) is 0 Å². The summed E-state index contributed by atoms with van der Waals surface area (Å²) >= 11 is 7.22. The maximum absolute atomic E-state index is 5.69. The Hall–Kier alpha value is -0.320. The van der Waals surface area contributed by atoms with E-state index in [0.717, 1.165) is 11.7 Å². The molecule has 0 bridgehead atoms. The Kier molecular flexibility index (Phi) is 3.96. The zero-order chi connectivity index (χ0) is 9.84. The van der Waals surface area contributed by atoms with E-state index >= 15 is 0 Å². The van der Waals surface area contributed by atoms with Crippen molar-refractivity contribution in [2.45, 2.75) is 13.0 Å². The molecule has 74 valence electrons. The molecule has 1 heterocycles. The number of hydrogen-bond acceptors (Lipinski definition) is 4. The molecular weight excluding hydrogens is 206 g/mol. The summed E-state index contributed by atoms with van der Waals surface area (Å²) in [5.41, 5.74) is 0. The Bertz CT molecular complexity index is 262. The SMILES string of the molecule is CC(CNc1nc(Cl)cs1)N(C)C. The van der Waals surface area contributed by atoms with Crippen molar-refractivity contribution in [3.05, 3.63) is 10.5 Å². The van der Waals surface area contributed by atoms with Crippen molar-refractivity contribution in [3.8, 4) is 0 Å². The van der Waals surface area contributed by atoms with E-state index in [9.17, 15) is 0 Å². The summed E-state index contributed by atoms with van der Waals surface area (Å²) in [6.45, 7) is 3.04. The van der Waals surface area contributed by atoms with Gasteiger partial charge in [-0.1, -0.05) is 11.6 Å². The highest BCUT2D eigenvalue weighted by molar-refractivity contribution is 7.14. The maximum Gasteiger partial charge on any atom is 0.184 e. The maximum atomic E-state index is 5.69. The molecule has 0 aromatic carbocycles. The van der Waals surface area contributed by atoms with Gasteiger partial charge in [-0.15, -0.1) is 11.3 Å². The Morgan fingerprint density at radius 2 is 2.38 bits per heavy atom. The van der Waals surface area contributed by atoms with Gasteiger partial charge in [0, 0.05) is 18.0 Å². The van der Waals surface area contributed by atoms with Gasteiger partial charge in [0.25, 0.3) is 0 Å². The molecule has 0 aliphatic rings. The molecule has 0 aliphatic carbocycles. The number of nitrogens with one attached hydrogen (secondary N) is 1. The quantitative estimate of drug-likeness (QED) is 0.842. The molecule has 0 fully saturated rings. The molecule has 0 radical (unpaired) electrons. The highest BCUT2D eigenvalue weighted by atomic mass is 35.5. The van der Waals surface area contributed by atoms with Crippen LogP contribution >= 0.6 is 22.9 Å². The third-order valence-corrected chi connectivity index (χ3v) is 3.03. The smallest absolute Gasteiger partial charge is 0.184 e. The fourth-order valence-corrected chi connectivity index (χ4v) is 1.60. The molecule has 1 rings (SSSR count). The highest BCUT2D eigenvalue weighted by Crippen LogP contribution is 2.18. The zero-order valence-corrected chi connectivity index (χ0v) is 9.61. The Labute approximate surface area is 87.7 Å². The summed E-state index contributed by atoms with van der Waals surface area (Å²) in [7, 11) is 4.11. The lowest BCUT2D eigenvalue weighted by Gasteiger charge is -2.19. The second-order valence-electron chi connectivity index (χ2n) is 3.17. The van der Waals surface area contributed by atoms with Crippen molar-refractivity contribution < 1.29 is 0 Å². The summed E-state index contributed by atoms with van der Waals surface area (Å²) in [4.78, 5) is 6.25. The van der Waals surface area contributed by atoms with Crippen LogP contribution in [0, 0.1) is 0 Å². The predicted molar refractivity (Wildman–Crippen MR) is 58.8 cm³/mol. The summed E-state index contributed by atoms with van der Waals surface area (Å²) in [6, 6.07) is 0.489. The van der Waals surface area contributed by atoms with Crippen molar-refractivity contribution >= 4 is 28.1 Å². The second kappa shape index (κ2) is 4.79. The van der Waals surface area contributed by atoms with E-state index in [1.165, 1.54) is 11.3 Å². The van der Waals surface area contributed by atoms with Gasteiger partial charge in [-0.3, -0.25) is 0 Å². The van der Waals surface area contributed by atoms with Crippen LogP contribution in [0.2, 0.25) is 5.15 Å². The molecule has 13 heavy (non-hydrogen) atoms. The first-order valence-electron chi connectivity index (χ1n) is 4.11. The summed E-state index contributed by atoms with van der Waals surface area (Å²) in [5.74, 6) is 0. The van der Waals surface area contributed by atoms with Gasteiger partial charge >= 0.3 is 0 Å². The number of halogens is 1. The molecule has 0 saturated heterocycles. The van der Waals surface area contributed by atoms with Crippen molar-refractivity contribution in [1.82, 2.24) is 9.88 Å². The number of likely N-dealkylation sites (N-methyl/N-ethyl adjacent to an activating group) is 1. The average Bonchev–Trinajstić information content (AvgIpc) is 2.47. The lowest BCUT2D eigenvalue weighted by Crippen LogP contribution is -2.31. The van der Waals surface area contributed by atoms with Crippen LogP contribution < -0.4 is 5.32 Å². The van der Waals surface area contributed by atoms with Gasteiger partial charge in [0.1, 0.15) is 5.15 Å². The number of thiazole rings is 1. The van der Waals surface area contributed by atoms with Crippen molar-refractivity contribution in [2.24, 2.45) is 0 Å². The number of aromatic nitrogens is 1. The molecule has 1 atom stereocenters. The minimum atomic E-state index is 0.489. The van der Waals surface area contributed by atoms with E-state index in [2.05, 4.69) is 36.2 Å². The second-order valence-corrected chi connectivity index (χ2v) is 4.41. The first-order chi connectivity index (χ1) is 6.09. The monoisotopic (exact) mass is 219 g/mol. The van der Waals surface area contributed by atoms with Crippen LogP contribution in [0.1, 0.15) is 6.92 Å². The molecule has 1 aromatic heterocycles. The van der Waals surface area contributed by atoms with Gasteiger partial charge < -0.3 is 10.2 Å². The lowest BCUT2D eigenvalue weighted by molar-refractivity contribution is 0.326. The standard InChI is InChI=1S/C8H14ClN3S/c1-6(12(2)3)4-10-8-11-7(9)5-13-8/h5-6H,4H2,1-3H3,(H,10,11). The Morgan fingerprint density at radius 3 is 2.85 bits per heavy atom. The molecule has 0 saturated carbocycles. The molecular formula is C8H14ClN3S. The summed E-state index contributed by atoms with van der Waals surface area (Å²) in [5, 5.41) is 6.50. The molecule has 1 N–H and O–H groups in total. The summed E-state index contributed by atoms with van der Waals surface area (Å²) < 4.78 is 0. The van der Waals surface area contributed by atoms with Crippen molar-refractivity contribution in [2.75, 3.05) is 26.0 Å². The van der Waals surface area contributed by atoms with Crippen LogP contribution in [-0.4, -0.2) is 36.6 Å². The molecule has 0 spiro atoms. The molecule has 3 nitrogen and oxygen atoms in total. The van der Waals surface area contributed by atoms with Gasteiger partial charge in [-0.25, -0.2) is 4.98 Å². The number of rotatable bonds is 4. The molecule has 5 heteroatoms. The van der Waals surface area contributed by atoms with Crippen LogP contribution in [0.15, 0.2) is 5.38 Å². The molecule has 1 aromatic rings. The fraction of sp³-hybridized carbons (Fsp3) is 0.625. The normalized spacial score (nSPS) is 13.3. The van der Waals surface area contributed by atoms with Gasteiger partial charge in [0.15, 0.2) is 5.13 Å². The minimum Gasteiger partial charge on any atom is -0.360 e. The molecule has 0 amide bonds. The van der Waals surface area contributed by atoms with E-state index in [4.69, 9.17) is 11.6 Å². The third kappa shape index (κ3) is 3.50. The van der Waals surface area contributed by atoms with Crippen LogP contribution in [0.25, 0.3) is 0 Å².